The number of β-amino-alcohol motifs (C(OH)–C–C–N with tert-alkyl or cyclic N) is 1. The van der Waals surface area contributed by atoms with Crippen LogP contribution in [0.15, 0.2) is 61.1 Å². The predicted molar refractivity (Wildman–Crippen MR) is 128 cm³/mol. The first kappa shape index (κ1) is 20.3. The molecule has 1 fully saturated rings. The lowest BCUT2D eigenvalue weighted by Crippen LogP contribution is -2.38. The maximum Gasteiger partial charge on any atom is 0.229 e. The lowest BCUT2D eigenvalue weighted by Gasteiger charge is -2.32. The summed E-state index contributed by atoms with van der Waals surface area (Å²) < 4.78 is 2.10. The quantitative estimate of drug-likeness (QED) is 0.431. The zero-order valence-corrected chi connectivity index (χ0v) is 18.1. The highest BCUT2D eigenvalue weighted by molar-refractivity contribution is 5.77. The Morgan fingerprint density at radius 3 is 2.81 bits per heavy atom. The topological polar surface area (TPSA) is 91.1 Å². The molecular weight excluding hydrogens is 402 g/mol. The van der Waals surface area contributed by atoms with Gasteiger partial charge in [-0.1, -0.05) is 6.07 Å². The fraction of sp³-hybridized carbons (Fsp3) is 0.292. The molecule has 32 heavy (non-hydrogen) atoms. The second-order valence-electron chi connectivity index (χ2n) is 8.09. The smallest absolute Gasteiger partial charge is 0.229 e. The molecule has 4 aromatic rings. The summed E-state index contributed by atoms with van der Waals surface area (Å²) in [5, 5.41) is 17.4. The molecule has 1 saturated heterocycles. The molecule has 1 unspecified atom stereocenters. The maximum atomic E-state index is 9.92. The minimum absolute atomic E-state index is 0.242. The van der Waals surface area contributed by atoms with Crippen molar-refractivity contribution in [2.24, 2.45) is 0 Å². The van der Waals surface area contributed by atoms with Crippen molar-refractivity contribution in [1.82, 2.24) is 19.5 Å². The molecule has 164 valence electrons. The van der Waals surface area contributed by atoms with Gasteiger partial charge in [0.2, 0.25) is 5.95 Å². The lowest BCUT2D eigenvalue weighted by atomic mass is 10.1. The Labute approximate surface area is 187 Å². The van der Waals surface area contributed by atoms with Gasteiger partial charge in [0, 0.05) is 61.1 Å². The zero-order chi connectivity index (χ0) is 21.9. The molecule has 0 aliphatic carbocycles. The molecule has 1 atom stereocenters. The van der Waals surface area contributed by atoms with Gasteiger partial charge >= 0.3 is 0 Å². The zero-order valence-electron chi connectivity index (χ0n) is 18.1. The number of benzene rings is 1. The third-order valence-electron chi connectivity index (χ3n) is 5.86. The molecule has 0 bridgehead atoms. The number of aromatic nitrogens is 4. The van der Waals surface area contributed by atoms with Crippen molar-refractivity contribution in [3.05, 3.63) is 66.6 Å². The fourth-order valence-electron chi connectivity index (χ4n) is 4.21. The van der Waals surface area contributed by atoms with Crippen LogP contribution < -0.4 is 15.5 Å². The summed E-state index contributed by atoms with van der Waals surface area (Å²) >= 11 is 0. The van der Waals surface area contributed by atoms with Crippen molar-refractivity contribution in [2.75, 3.05) is 35.7 Å². The highest BCUT2D eigenvalue weighted by Gasteiger charge is 2.17. The largest absolute Gasteiger partial charge is 0.391 e. The average Bonchev–Trinajstić information content (AvgIpc) is 3.22. The predicted octanol–water partition coefficient (Wildman–Crippen LogP) is 3.62. The van der Waals surface area contributed by atoms with E-state index < -0.39 is 0 Å². The summed E-state index contributed by atoms with van der Waals surface area (Å²) in [6.07, 6.45) is 7.31. The second kappa shape index (κ2) is 8.84. The number of aliphatic hydroxyl groups excluding tert-OH is 1. The van der Waals surface area contributed by atoms with Crippen LogP contribution in [0.2, 0.25) is 0 Å². The Bertz CT molecular complexity index is 1200. The Hall–Kier alpha value is -3.65. The number of aliphatic hydroxyl groups is 1. The van der Waals surface area contributed by atoms with Crippen LogP contribution in [-0.2, 0) is 6.54 Å². The summed E-state index contributed by atoms with van der Waals surface area (Å²) in [6, 6.07) is 14.2. The number of rotatable bonds is 6. The molecule has 4 heterocycles. The molecule has 8 nitrogen and oxygen atoms in total. The maximum absolute atomic E-state index is 9.92. The van der Waals surface area contributed by atoms with Crippen LogP contribution in [0, 0.1) is 0 Å². The Balaban J connectivity index is 1.34. The first-order valence-electron chi connectivity index (χ1n) is 10.9. The summed E-state index contributed by atoms with van der Waals surface area (Å²) in [4.78, 5) is 15.9. The van der Waals surface area contributed by atoms with Gasteiger partial charge in [0.25, 0.3) is 0 Å². The molecule has 1 aromatic carbocycles. The number of pyridine rings is 1. The number of piperidine rings is 1. The molecule has 0 amide bonds. The van der Waals surface area contributed by atoms with E-state index in [1.54, 1.807) is 6.20 Å². The lowest BCUT2D eigenvalue weighted by molar-refractivity contribution is 0.154. The summed E-state index contributed by atoms with van der Waals surface area (Å²) in [5.74, 6) is 1.42. The summed E-state index contributed by atoms with van der Waals surface area (Å²) in [5.41, 5.74) is 4.01. The van der Waals surface area contributed by atoms with Crippen LogP contribution in [0.4, 0.5) is 23.1 Å². The highest BCUT2D eigenvalue weighted by Crippen LogP contribution is 2.24. The van der Waals surface area contributed by atoms with Crippen molar-refractivity contribution in [3.8, 4) is 0 Å². The minimum Gasteiger partial charge on any atom is -0.391 e. The van der Waals surface area contributed by atoms with Crippen molar-refractivity contribution >= 4 is 34.2 Å². The normalized spacial score (nSPS) is 16.3. The van der Waals surface area contributed by atoms with Crippen LogP contribution in [0.3, 0.4) is 0 Å². The van der Waals surface area contributed by atoms with E-state index in [0.717, 1.165) is 53.2 Å². The Morgan fingerprint density at radius 2 is 2.00 bits per heavy atom. The Kier molecular flexibility index (Phi) is 5.60. The fourth-order valence-corrected chi connectivity index (χ4v) is 4.21. The minimum atomic E-state index is -0.242. The van der Waals surface area contributed by atoms with Crippen molar-refractivity contribution < 1.29 is 5.11 Å². The number of fused-ring (bicyclic) bond motifs is 1. The van der Waals surface area contributed by atoms with Gasteiger partial charge in [-0.3, -0.25) is 0 Å². The van der Waals surface area contributed by atoms with E-state index in [4.69, 9.17) is 4.98 Å². The Morgan fingerprint density at radius 1 is 1.12 bits per heavy atom. The van der Waals surface area contributed by atoms with Crippen LogP contribution in [-0.4, -0.2) is 50.9 Å². The van der Waals surface area contributed by atoms with Gasteiger partial charge in [-0.05, 0) is 49.2 Å². The van der Waals surface area contributed by atoms with Gasteiger partial charge in [-0.25, -0.2) is 9.97 Å². The second-order valence-corrected chi connectivity index (χ2v) is 8.09. The number of hydrogen-bond acceptors (Lipinski definition) is 7. The first-order valence-corrected chi connectivity index (χ1v) is 10.9. The number of hydrogen-bond donors (Lipinski definition) is 3. The first-order chi connectivity index (χ1) is 15.7. The van der Waals surface area contributed by atoms with Crippen molar-refractivity contribution in [3.63, 3.8) is 0 Å². The van der Waals surface area contributed by atoms with E-state index in [1.165, 1.54) is 0 Å². The van der Waals surface area contributed by atoms with E-state index in [-0.39, 0.29) is 6.10 Å². The molecule has 3 N–H and O–H groups in total. The number of nitrogens with zero attached hydrogens (tertiary/aromatic N) is 5. The number of anilines is 4. The molecular formula is C24H27N7O. The monoisotopic (exact) mass is 429 g/mol. The molecule has 8 heteroatoms. The van der Waals surface area contributed by atoms with E-state index in [2.05, 4.69) is 48.3 Å². The van der Waals surface area contributed by atoms with Crippen molar-refractivity contribution in [1.29, 1.82) is 0 Å². The molecule has 1 aliphatic heterocycles. The van der Waals surface area contributed by atoms with Gasteiger partial charge in [0.05, 0.1) is 12.6 Å². The van der Waals surface area contributed by atoms with Crippen LogP contribution in [0.25, 0.3) is 11.0 Å². The van der Waals surface area contributed by atoms with Gasteiger partial charge in [-0.15, -0.1) is 0 Å². The number of nitrogens with one attached hydrogen (secondary N) is 2. The van der Waals surface area contributed by atoms with Crippen LogP contribution in [0.5, 0.6) is 0 Å². The van der Waals surface area contributed by atoms with Gasteiger partial charge in [0.15, 0.2) is 0 Å². The molecule has 1 aliphatic rings. The van der Waals surface area contributed by atoms with E-state index >= 15 is 0 Å². The molecule has 5 rings (SSSR count). The van der Waals surface area contributed by atoms with E-state index in [9.17, 15) is 5.11 Å². The standard InChI is InChI=1S/C24H27N7O/c1-25-22-18(4-2-11-26-22)15-31-13-10-17-14-27-24(29-23(17)31)28-19-6-8-20(9-7-19)30-12-3-5-21(32)16-30/h2,4,6-11,13-14,21,32H,3,5,12,15-16H2,1H3,(H,25,26)(H,27,28,29). The van der Waals surface area contributed by atoms with Gasteiger partial charge in [-0.2, -0.15) is 4.98 Å². The van der Waals surface area contributed by atoms with Crippen LogP contribution >= 0.6 is 0 Å². The SMILES string of the molecule is CNc1ncccc1Cn1ccc2cnc(Nc3ccc(N4CCCC(O)C4)cc3)nc21. The molecule has 0 saturated carbocycles. The van der Waals surface area contributed by atoms with Gasteiger partial charge < -0.3 is 25.2 Å². The third kappa shape index (κ3) is 4.22. The molecule has 0 spiro atoms. The molecule has 0 radical (unpaired) electrons. The van der Waals surface area contributed by atoms with Crippen molar-refractivity contribution in [2.45, 2.75) is 25.5 Å². The third-order valence-corrected chi connectivity index (χ3v) is 5.86. The molecule has 3 aromatic heterocycles. The summed E-state index contributed by atoms with van der Waals surface area (Å²) in [6.45, 7) is 2.34. The summed E-state index contributed by atoms with van der Waals surface area (Å²) in [7, 11) is 1.88. The van der Waals surface area contributed by atoms with E-state index in [1.807, 2.05) is 43.7 Å². The highest BCUT2D eigenvalue weighted by atomic mass is 16.3. The van der Waals surface area contributed by atoms with Crippen LogP contribution in [0.1, 0.15) is 18.4 Å². The van der Waals surface area contributed by atoms with E-state index in [0.29, 0.717) is 19.0 Å². The average molecular weight is 430 g/mol. The van der Waals surface area contributed by atoms with Gasteiger partial charge in [0.1, 0.15) is 11.5 Å².